The highest BCUT2D eigenvalue weighted by Gasteiger charge is 2.19. The molecule has 2 aromatic rings. The van der Waals surface area contributed by atoms with E-state index in [4.69, 9.17) is 13.9 Å². The van der Waals surface area contributed by atoms with Gasteiger partial charge in [0, 0.05) is 5.56 Å². The zero-order valence-corrected chi connectivity index (χ0v) is 11.1. The number of ether oxygens (including phenoxy) is 2. The fourth-order valence-electron chi connectivity index (χ4n) is 2.44. The first kappa shape index (κ1) is 12.1. The van der Waals surface area contributed by atoms with Crippen LogP contribution in [0, 0.1) is 6.92 Å². The van der Waals surface area contributed by atoms with Crippen LogP contribution in [0.5, 0.6) is 11.5 Å². The molecule has 1 N–H and O–H groups in total. The first-order chi connectivity index (χ1) is 9.29. The van der Waals surface area contributed by atoms with Crippen LogP contribution in [0.3, 0.4) is 0 Å². The third kappa shape index (κ3) is 2.19. The topological polar surface area (TPSA) is 43.6 Å². The van der Waals surface area contributed by atoms with Crippen LogP contribution >= 0.6 is 0 Å². The maximum absolute atomic E-state index is 5.63. The van der Waals surface area contributed by atoms with E-state index < -0.39 is 0 Å². The van der Waals surface area contributed by atoms with Gasteiger partial charge in [0.1, 0.15) is 19.0 Å². The van der Waals surface area contributed by atoms with Gasteiger partial charge in [0.2, 0.25) is 0 Å². The molecule has 0 bridgehead atoms. The average molecular weight is 259 g/mol. The second-order valence-electron chi connectivity index (χ2n) is 4.56. The Labute approximate surface area is 112 Å². The third-order valence-corrected chi connectivity index (χ3v) is 3.40. The van der Waals surface area contributed by atoms with E-state index in [-0.39, 0.29) is 6.04 Å². The van der Waals surface area contributed by atoms with Gasteiger partial charge < -0.3 is 19.2 Å². The molecule has 2 heterocycles. The van der Waals surface area contributed by atoms with Crippen LogP contribution in [-0.2, 0) is 0 Å². The summed E-state index contributed by atoms with van der Waals surface area (Å²) >= 11 is 0. The highest BCUT2D eigenvalue weighted by atomic mass is 16.6. The Morgan fingerprint density at radius 2 is 1.89 bits per heavy atom. The van der Waals surface area contributed by atoms with E-state index in [1.54, 1.807) is 6.26 Å². The van der Waals surface area contributed by atoms with Crippen LogP contribution in [0.2, 0.25) is 0 Å². The molecule has 1 aromatic carbocycles. The van der Waals surface area contributed by atoms with Crippen LogP contribution in [0.1, 0.15) is 22.9 Å². The summed E-state index contributed by atoms with van der Waals surface area (Å²) in [7, 11) is 1.94. The van der Waals surface area contributed by atoms with Gasteiger partial charge in [-0.15, -0.1) is 0 Å². The number of hydrogen-bond donors (Lipinski definition) is 1. The number of nitrogens with one attached hydrogen (secondary N) is 1. The molecule has 1 aliphatic rings. The molecule has 0 amide bonds. The Bertz CT molecular complexity index is 577. The van der Waals surface area contributed by atoms with E-state index in [2.05, 4.69) is 11.4 Å². The largest absolute Gasteiger partial charge is 0.486 e. The molecular formula is C15H17NO3. The molecule has 1 unspecified atom stereocenters. The first-order valence-electron chi connectivity index (χ1n) is 6.40. The van der Waals surface area contributed by atoms with E-state index in [0.29, 0.717) is 13.2 Å². The van der Waals surface area contributed by atoms with Crippen molar-refractivity contribution in [2.24, 2.45) is 0 Å². The predicted molar refractivity (Wildman–Crippen MR) is 71.8 cm³/mol. The molecule has 0 aliphatic carbocycles. The zero-order valence-electron chi connectivity index (χ0n) is 11.1. The quantitative estimate of drug-likeness (QED) is 0.920. The number of hydrogen-bond acceptors (Lipinski definition) is 4. The normalized spacial score (nSPS) is 15.3. The average Bonchev–Trinajstić information content (AvgIpc) is 2.86. The lowest BCUT2D eigenvalue weighted by molar-refractivity contribution is 0.171. The minimum Gasteiger partial charge on any atom is -0.486 e. The predicted octanol–water partition coefficient (Wildman–Crippen LogP) is 2.67. The van der Waals surface area contributed by atoms with Gasteiger partial charge in [0.15, 0.2) is 11.5 Å². The fourth-order valence-corrected chi connectivity index (χ4v) is 2.44. The summed E-state index contributed by atoms with van der Waals surface area (Å²) in [4.78, 5) is 0. The Balaban J connectivity index is 1.98. The Kier molecular flexibility index (Phi) is 3.17. The molecule has 0 saturated heterocycles. The Hall–Kier alpha value is -1.94. The van der Waals surface area contributed by atoms with Gasteiger partial charge in [-0.05, 0) is 37.7 Å². The fraction of sp³-hybridized carbons (Fsp3) is 0.333. The van der Waals surface area contributed by atoms with Crippen LogP contribution in [0.4, 0.5) is 0 Å². The molecular weight excluding hydrogens is 242 g/mol. The van der Waals surface area contributed by atoms with Crippen LogP contribution in [0.15, 0.2) is 34.9 Å². The lowest BCUT2D eigenvalue weighted by Gasteiger charge is -2.22. The SMILES string of the molecule is CNC(c1ccc2c(c1)OCCO2)c1ccoc1C. The molecule has 100 valence electrons. The smallest absolute Gasteiger partial charge is 0.161 e. The van der Waals surface area contributed by atoms with Crippen molar-refractivity contribution in [3.8, 4) is 11.5 Å². The second-order valence-corrected chi connectivity index (χ2v) is 4.56. The molecule has 1 atom stereocenters. The number of benzene rings is 1. The summed E-state index contributed by atoms with van der Waals surface area (Å²) in [6.07, 6.45) is 1.72. The van der Waals surface area contributed by atoms with E-state index in [1.165, 1.54) is 0 Å². The second kappa shape index (κ2) is 4.97. The number of aryl methyl sites for hydroxylation is 1. The highest BCUT2D eigenvalue weighted by molar-refractivity contribution is 5.46. The molecule has 4 nitrogen and oxygen atoms in total. The van der Waals surface area contributed by atoms with Crippen molar-refractivity contribution >= 4 is 0 Å². The maximum atomic E-state index is 5.63. The van der Waals surface area contributed by atoms with Gasteiger partial charge in [0.25, 0.3) is 0 Å². The first-order valence-corrected chi connectivity index (χ1v) is 6.40. The van der Waals surface area contributed by atoms with E-state index >= 15 is 0 Å². The van der Waals surface area contributed by atoms with Gasteiger partial charge in [-0.2, -0.15) is 0 Å². The number of furan rings is 1. The van der Waals surface area contributed by atoms with E-state index in [0.717, 1.165) is 28.4 Å². The Morgan fingerprint density at radius 1 is 1.11 bits per heavy atom. The molecule has 4 heteroatoms. The summed E-state index contributed by atoms with van der Waals surface area (Å²) in [5.74, 6) is 2.55. The minimum absolute atomic E-state index is 0.0922. The van der Waals surface area contributed by atoms with Crippen molar-refractivity contribution < 1.29 is 13.9 Å². The maximum Gasteiger partial charge on any atom is 0.161 e. The van der Waals surface area contributed by atoms with Crippen molar-refractivity contribution in [3.05, 3.63) is 47.4 Å². The third-order valence-electron chi connectivity index (χ3n) is 3.40. The zero-order chi connectivity index (χ0) is 13.2. The van der Waals surface area contributed by atoms with Gasteiger partial charge in [-0.1, -0.05) is 6.07 Å². The lowest BCUT2D eigenvalue weighted by atomic mass is 9.99. The Morgan fingerprint density at radius 3 is 2.58 bits per heavy atom. The van der Waals surface area contributed by atoms with Gasteiger partial charge in [-0.25, -0.2) is 0 Å². The molecule has 1 aromatic heterocycles. The van der Waals surface area contributed by atoms with Crippen LogP contribution in [0.25, 0.3) is 0 Å². The highest BCUT2D eigenvalue weighted by Crippen LogP contribution is 2.34. The van der Waals surface area contributed by atoms with E-state index in [9.17, 15) is 0 Å². The number of rotatable bonds is 3. The van der Waals surface area contributed by atoms with Crippen molar-refractivity contribution in [2.75, 3.05) is 20.3 Å². The summed E-state index contributed by atoms with van der Waals surface area (Å²) in [5.41, 5.74) is 2.27. The van der Waals surface area contributed by atoms with Crippen LogP contribution in [-0.4, -0.2) is 20.3 Å². The number of fused-ring (bicyclic) bond motifs is 1. The molecule has 0 radical (unpaired) electrons. The standard InChI is InChI=1S/C15H17NO3/c1-10-12(5-6-17-10)15(16-2)11-3-4-13-14(9-11)19-8-7-18-13/h3-6,9,15-16H,7-8H2,1-2H3. The molecule has 0 saturated carbocycles. The van der Waals surface area contributed by atoms with Crippen molar-refractivity contribution in [3.63, 3.8) is 0 Å². The molecule has 0 fully saturated rings. The monoisotopic (exact) mass is 259 g/mol. The van der Waals surface area contributed by atoms with Crippen molar-refractivity contribution in [1.29, 1.82) is 0 Å². The summed E-state index contributed by atoms with van der Waals surface area (Å²) in [6, 6.07) is 8.13. The van der Waals surface area contributed by atoms with Crippen molar-refractivity contribution in [1.82, 2.24) is 5.32 Å². The molecule has 0 spiro atoms. The lowest BCUT2D eigenvalue weighted by Crippen LogP contribution is -2.19. The summed E-state index contributed by atoms with van der Waals surface area (Å²) < 4.78 is 16.6. The summed E-state index contributed by atoms with van der Waals surface area (Å²) in [6.45, 7) is 3.19. The van der Waals surface area contributed by atoms with E-state index in [1.807, 2.05) is 32.2 Å². The summed E-state index contributed by atoms with van der Waals surface area (Å²) in [5, 5.41) is 3.31. The molecule has 19 heavy (non-hydrogen) atoms. The molecule has 3 rings (SSSR count). The van der Waals surface area contributed by atoms with Crippen molar-refractivity contribution in [2.45, 2.75) is 13.0 Å². The van der Waals surface area contributed by atoms with Gasteiger partial charge in [-0.3, -0.25) is 0 Å². The minimum atomic E-state index is 0.0922. The van der Waals surface area contributed by atoms with Gasteiger partial charge >= 0.3 is 0 Å². The molecule has 1 aliphatic heterocycles. The van der Waals surface area contributed by atoms with Gasteiger partial charge in [0.05, 0.1) is 12.3 Å². The van der Waals surface area contributed by atoms with Crippen LogP contribution < -0.4 is 14.8 Å².